The summed E-state index contributed by atoms with van der Waals surface area (Å²) in [5, 5.41) is 2.67. The van der Waals surface area contributed by atoms with Crippen LogP contribution < -0.4 is 5.32 Å². The van der Waals surface area contributed by atoms with Crippen LogP contribution >= 0.6 is 23.2 Å². The second-order valence-electron chi connectivity index (χ2n) is 4.69. The smallest absolute Gasteiger partial charge is 0.254 e. The summed E-state index contributed by atoms with van der Waals surface area (Å²) in [5.74, 6) is -0.495. The molecule has 5 nitrogen and oxygen atoms in total. The van der Waals surface area contributed by atoms with E-state index >= 15 is 0 Å². The molecule has 1 amide bonds. The van der Waals surface area contributed by atoms with E-state index in [0.29, 0.717) is 0 Å². The summed E-state index contributed by atoms with van der Waals surface area (Å²) in [7, 11) is -3.28. The molecule has 0 aliphatic heterocycles. The predicted octanol–water partition coefficient (Wildman–Crippen LogP) is 1.94. The molecule has 1 N–H and O–H groups in total. The quantitative estimate of drug-likeness (QED) is 0.859. The minimum absolute atomic E-state index is 0.0242. The Balaban J connectivity index is 2.82. The lowest BCUT2D eigenvalue weighted by atomic mass is 10.2. The minimum atomic E-state index is -3.28. The lowest BCUT2D eigenvalue weighted by Crippen LogP contribution is -2.43. The molecule has 8 heteroatoms. The molecule has 1 aromatic heterocycles. The van der Waals surface area contributed by atoms with Crippen LogP contribution in [0.5, 0.6) is 0 Å². The molecule has 0 aliphatic carbocycles. The third-order valence-corrected chi connectivity index (χ3v) is 5.39. The Bertz CT molecular complexity index is 600. The number of aromatic nitrogens is 1. The number of sulfone groups is 1. The van der Waals surface area contributed by atoms with Gasteiger partial charge >= 0.3 is 0 Å². The minimum Gasteiger partial charge on any atom is -0.350 e. The van der Waals surface area contributed by atoms with E-state index in [-0.39, 0.29) is 22.4 Å². The van der Waals surface area contributed by atoms with Gasteiger partial charge in [-0.1, -0.05) is 23.2 Å². The SMILES string of the molecule is CC(C)(CNC(=O)c1ccc(Cl)nc1Cl)S(C)(=O)=O. The molecule has 0 aliphatic rings. The van der Waals surface area contributed by atoms with E-state index in [0.717, 1.165) is 6.26 Å². The van der Waals surface area contributed by atoms with Gasteiger partial charge in [-0.05, 0) is 26.0 Å². The predicted molar refractivity (Wildman–Crippen MR) is 75.5 cm³/mol. The molecule has 0 saturated heterocycles. The van der Waals surface area contributed by atoms with Gasteiger partial charge in [-0.25, -0.2) is 13.4 Å². The number of amides is 1. The maximum absolute atomic E-state index is 11.9. The molecule has 1 heterocycles. The number of nitrogens with zero attached hydrogens (tertiary/aromatic N) is 1. The zero-order valence-corrected chi connectivity index (χ0v) is 13.0. The average molecular weight is 325 g/mol. The van der Waals surface area contributed by atoms with E-state index in [1.165, 1.54) is 26.0 Å². The van der Waals surface area contributed by atoms with Crippen molar-refractivity contribution in [1.29, 1.82) is 0 Å². The van der Waals surface area contributed by atoms with Crippen LogP contribution in [0, 0.1) is 0 Å². The Labute approximate surface area is 122 Å². The van der Waals surface area contributed by atoms with Crippen LogP contribution in [-0.4, -0.2) is 36.9 Å². The standard InChI is InChI=1S/C11H14Cl2N2O3S/c1-11(2,19(3,17)18)6-14-10(16)7-4-5-8(12)15-9(7)13/h4-5H,6H2,1-3H3,(H,14,16). The van der Waals surface area contributed by atoms with Crippen LogP contribution in [0.4, 0.5) is 0 Å². The van der Waals surface area contributed by atoms with E-state index in [1.807, 2.05) is 0 Å². The van der Waals surface area contributed by atoms with Crippen molar-refractivity contribution >= 4 is 38.9 Å². The van der Waals surface area contributed by atoms with Gasteiger partial charge in [0.15, 0.2) is 9.84 Å². The summed E-state index contributed by atoms with van der Waals surface area (Å²) >= 11 is 11.4. The highest BCUT2D eigenvalue weighted by Gasteiger charge is 2.30. The van der Waals surface area contributed by atoms with Crippen molar-refractivity contribution in [3.63, 3.8) is 0 Å². The fourth-order valence-electron chi connectivity index (χ4n) is 1.10. The second kappa shape index (κ2) is 5.64. The molecule has 0 saturated carbocycles. The summed E-state index contributed by atoms with van der Waals surface area (Å²) in [6.07, 6.45) is 1.12. The zero-order chi connectivity index (χ0) is 14.8. The monoisotopic (exact) mass is 324 g/mol. The first kappa shape index (κ1) is 16.2. The Morgan fingerprint density at radius 3 is 2.42 bits per heavy atom. The van der Waals surface area contributed by atoms with Crippen molar-refractivity contribution in [2.24, 2.45) is 0 Å². The van der Waals surface area contributed by atoms with Gasteiger partial charge in [-0.3, -0.25) is 4.79 Å². The van der Waals surface area contributed by atoms with Crippen LogP contribution in [0.2, 0.25) is 10.3 Å². The fraction of sp³-hybridized carbons (Fsp3) is 0.455. The number of nitrogens with one attached hydrogen (secondary N) is 1. The number of carbonyl (C=O) groups is 1. The molecule has 1 aromatic rings. The zero-order valence-electron chi connectivity index (χ0n) is 10.7. The van der Waals surface area contributed by atoms with Crippen molar-refractivity contribution in [3.05, 3.63) is 28.0 Å². The fourth-order valence-corrected chi connectivity index (χ4v) is 1.87. The van der Waals surface area contributed by atoms with E-state index in [9.17, 15) is 13.2 Å². The van der Waals surface area contributed by atoms with Crippen molar-refractivity contribution < 1.29 is 13.2 Å². The summed E-state index contributed by atoms with van der Waals surface area (Å²) in [4.78, 5) is 15.6. The molecule has 0 atom stereocenters. The van der Waals surface area contributed by atoms with E-state index in [2.05, 4.69) is 10.3 Å². The lowest BCUT2D eigenvalue weighted by Gasteiger charge is -2.22. The van der Waals surface area contributed by atoms with Crippen LogP contribution in [-0.2, 0) is 9.84 Å². The van der Waals surface area contributed by atoms with Crippen molar-refractivity contribution in [2.45, 2.75) is 18.6 Å². The normalized spacial score (nSPS) is 12.3. The third-order valence-electron chi connectivity index (χ3n) is 2.74. The number of hydrogen-bond donors (Lipinski definition) is 1. The third kappa shape index (κ3) is 4.06. The molecule has 1 rings (SSSR count). The maximum Gasteiger partial charge on any atom is 0.254 e. The number of pyridine rings is 1. The van der Waals surface area contributed by atoms with Crippen molar-refractivity contribution in [3.8, 4) is 0 Å². The molecule has 0 spiro atoms. The molecule has 0 radical (unpaired) electrons. The van der Waals surface area contributed by atoms with Gasteiger partial charge in [0.25, 0.3) is 5.91 Å². The van der Waals surface area contributed by atoms with E-state index < -0.39 is 20.5 Å². The summed E-state index contributed by atoms with van der Waals surface area (Å²) < 4.78 is 22.0. The molecular weight excluding hydrogens is 311 g/mol. The Hall–Kier alpha value is -0.850. The number of carbonyl (C=O) groups excluding carboxylic acids is 1. The summed E-state index contributed by atoms with van der Waals surface area (Å²) in [6.45, 7) is 3.04. The van der Waals surface area contributed by atoms with Gasteiger partial charge < -0.3 is 5.32 Å². The van der Waals surface area contributed by atoms with Crippen molar-refractivity contribution in [1.82, 2.24) is 10.3 Å². The highest BCUT2D eigenvalue weighted by atomic mass is 35.5. The highest BCUT2D eigenvalue weighted by Crippen LogP contribution is 2.17. The van der Waals surface area contributed by atoms with Crippen LogP contribution in [0.3, 0.4) is 0 Å². The summed E-state index contributed by atoms with van der Waals surface area (Å²) in [5.41, 5.74) is 0.148. The first-order valence-corrected chi connectivity index (χ1v) is 7.99. The Morgan fingerprint density at radius 2 is 1.95 bits per heavy atom. The molecule has 19 heavy (non-hydrogen) atoms. The summed E-state index contributed by atoms with van der Waals surface area (Å²) in [6, 6.07) is 2.87. The van der Waals surface area contributed by atoms with E-state index in [4.69, 9.17) is 23.2 Å². The van der Waals surface area contributed by atoms with Gasteiger partial charge in [0.2, 0.25) is 0 Å². The van der Waals surface area contributed by atoms with E-state index in [1.54, 1.807) is 0 Å². The van der Waals surface area contributed by atoms with Gasteiger partial charge in [0.1, 0.15) is 10.3 Å². The largest absolute Gasteiger partial charge is 0.350 e. The second-order valence-corrected chi connectivity index (χ2v) is 8.08. The molecule has 0 unspecified atom stereocenters. The first-order chi connectivity index (χ1) is 8.54. The first-order valence-electron chi connectivity index (χ1n) is 5.34. The van der Waals surface area contributed by atoms with Gasteiger partial charge in [0.05, 0.1) is 10.3 Å². The van der Waals surface area contributed by atoms with Crippen LogP contribution in [0.1, 0.15) is 24.2 Å². The molecule has 106 valence electrons. The molecule has 0 aromatic carbocycles. The maximum atomic E-state index is 11.9. The lowest BCUT2D eigenvalue weighted by molar-refractivity contribution is 0.0950. The van der Waals surface area contributed by atoms with Gasteiger partial charge in [0, 0.05) is 12.8 Å². The number of rotatable bonds is 4. The van der Waals surface area contributed by atoms with Gasteiger partial charge in [-0.2, -0.15) is 0 Å². The molecule has 0 fully saturated rings. The van der Waals surface area contributed by atoms with Crippen molar-refractivity contribution in [2.75, 3.05) is 12.8 Å². The Morgan fingerprint density at radius 1 is 1.37 bits per heavy atom. The molecular formula is C11H14Cl2N2O3S. The average Bonchev–Trinajstić information content (AvgIpc) is 2.24. The number of halogens is 2. The Kier molecular flexibility index (Phi) is 4.81. The van der Waals surface area contributed by atoms with Crippen LogP contribution in [0.15, 0.2) is 12.1 Å². The van der Waals surface area contributed by atoms with Crippen LogP contribution in [0.25, 0.3) is 0 Å². The highest BCUT2D eigenvalue weighted by molar-refractivity contribution is 7.92. The molecule has 0 bridgehead atoms. The van der Waals surface area contributed by atoms with Gasteiger partial charge in [-0.15, -0.1) is 0 Å². The topological polar surface area (TPSA) is 76.1 Å². The number of hydrogen-bond acceptors (Lipinski definition) is 4.